The van der Waals surface area contributed by atoms with Crippen molar-refractivity contribution in [1.29, 1.82) is 0 Å². The van der Waals surface area contributed by atoms with Crippen LogP contribution in [0.2, 0.25) is 0 Å². The van der Waals surface area contributed by atoms with Crippen LogP contribution in [0.1, 0.15) is 21.6 Å². The quantitative estimate of drug-likeness (QED) is 0.684. The fourth-order valence-corrected chi connectivity index (χ4v) is 2.96. The Morgan fingerprint density at radius 1 is 0.960 bits per heavy atom. The van der Waals surface area contributed by atoms with E-state index in [1.807, 2.05) is 60.7 Å². The number of carbonyl (C=O) groups excluding carboxylic acids is 1. The van der Waals surface area contributed by atoms with Crippen LogP contribution in [0.15, 0.2) is 72.1 Å². The van der Waals surface area contributed by atoms with Gasteiger partial charge in [-0.3, -0.25) is 10.1 Å². The highest BCUT2D eigenvalue weighted by molar-refractivity contribution is 7.14. The van der Waals surface area contributed by atoms with Crippen LogP contribution in [0.4, 0.5) is 5.13 Å². The van der Waals surface area contributed by atoms with Gasteiger partial charge in [0, 0.05) is 11.5 Å². The molecule has 25 heavy (non-hydrogen) atoms. The number of thiazole rings is 1. The van der Waals surface area contributed by atoms with Crippen molar-refractivity contribution >= 4 is 33.9 Å². The van der Waals surface area contributed by atoms with Gasteiger partial charge in [-0.1, -0.05) is 60.7 Å². The molecule has 0 saturated carbocycles. The Bertz CT molecular complexity index is 877. The van der Waals surface area contributed by atoms with Gasteiger partial charge in [-0.2, -0.15) is 0 Å². The lowest BCUT2D eigenvalue weighted by molar-refractivity contribution is -0.111. The van der Waals surface area contributed by atoms with Crippen LogP contribution in [0, 0.1) is 0 Å². The number of hydrogen-bond acceptors (Lipinski definition) is 4. The number of benzene rings is 2. The van der Waals surface area contributed by atoms with Gasteiger partial charge in [-0.25, -0.2) is 9.78 Å². The van der Waals surface area contributed by atoms with Gasteiger partial charge in [0.25, 0.3) is 5.91 Å². The molecule has 2 N–H and O–H groups in total. The molecule has 0 saturated heterocycles. The van der Waals surface area contributed by atoms with E-state index in [1.165, 1.54) is 11.5 Å². The van der Waals surface area contributed by atoms with Crippen molar-refractivity contribution in [2.24, 2.45) is 0 Å². The van der Waals surface area contributed by atoms with E-state index in [4.69, 9.17) is 5.11 Å². The molecular formula is C19H14N2O3S. The number of carboxylic acids is 1. The smallest absolute Gasteiger partial charge is 0.355 e. The Kier molecular flexibility index (Phi) is 5.01. The summed E-state index contributed by atoms with van der Waals surface area (Å²) in [5.41, 5.74) is 2.51. The maximum atomic E-state index is 12.4. The predicted octanol–water partition coefficient (Wildman–Crippen LogP) is 3.91. The largest absolute Gasteiger partial charge is 0.476 e. The van der Waals surface area contributed by atoms with Crippen molar-refractivity contribution in [2.75, 3.05) is 5.32 Å². The van der Waals surface area contributed by atoms with E-state index in [1.54, 1.807) is 0 Å². The molecule has 0 spiro atoms. The van der Waals surface area contributed by atoms with Crippen LogP contribution in [0.25, 0.3) is 5.57 Å². The molecule has 0 aliphatic carbocycles. The molecule has 0 atom stereocenters. The van der Waals surface area contributed by atoms with Crippen molar-refractivity contribution in [3.8, 4) is 0 Å². The lowest BCUT2D eigenvalue weighted by Gasteiger charge is -2.08. The summed E-state index contributed by atoms with van der Waals surface area (Å²) in [6.45, 7) is 0. The number of aromatic carboxylic acids is 1. The Morgan fingerprint density at radius 2 is 1.52 bits per heavy atom. The zero-order chi connectivity index (χ0) is 17.6. The first-order chi connectivity index (χ1) is 12.1. The minimum atomic E-state index is -1.12. The van der Waals surface area contributed by atoms with E-state index >= 15 is 0 Å². The van der Waals surface area contributed by atoms with Crippen molar-refractivity contribution in [1.82, 2.24) is 4.98 Å². The molecule has 5 nitrogen and oxygen atoms in total. The first-order valence-corrected chi connectivity index (χ1v) is 8.34. The molecule has 2 aromatic carbocycles. The Labute approximate surface area is 148 Å². The molecule has 3 rings (SSSR count). The average Bonchev–Trinajstić information content (AvgIpc) is 3.10. The van der Waals surface area contributed by atoms with E-state index in [0.29, 0.717) is 0 Å². The molecule has 1 amide bonds. The van der Waals surface area contributed by atoms with Crippen LogP contribution in [-0.2, 0) is 4.79 Å². The highest BCUT2D eigenvalue weighted by Gasteiger charge is 2.12. The maximum Gasteiger partial charge on any atom is 0.355 e. The molecule has 0 unspecified atom stereocenters. The first kappa shape index (κ1) is 16.6. The fourth-order valence-electron chi connectivity index (χ4n) is 2.27. The molecule has 3 aromatic rings. The minimum Gasteiger partial charge on any atom is -0.476 e. The third-order valence-corrected chi connectivity index (χ3v) is 4.16. The van der Waals surface area contributed by atoms with Crippen molar-refractivity contribution in [3.63, 3.8) is 0 Å². The zero-order valence-electron chi connectivity index (χ0n) is 13.0. The van der Waals surface area contributed by atoms with Crippen molar-refractivity contribution < 1.29 is 14.7 Å². The van der Waals surface area contributed by atoms with Crippen LogP contribution in [-0.4, -0.2) is 22.0 Å². The van der Waals surface area contributed by atoms with E-state index in [9.17, 15) is 9.59 Å². The monoisotopic (exact) mass is 350 g/mol. The SMILES string of the molecule is O=C(C=C(c1ccccc1)c1ccccc1)Nc1nc(C(=O)O)cs1. The molecule has 6 heteroatoms. The zero-order valence-corrected chi connectivity index (χ0v) is 13.9. The van der Waals surface area contributed by atoms with Gasteiger partial charge < -0.3 is 5.11 Å². The summed E-state index contributed by atoms with van der Waals surface area (Å²) >= 11 is 1.07. The van der Waals surface area contributed by atoms with E-state index in [2.05, 4.69) is 10.3 Å². The number of nitrogens with one attached hydrogen (secondary N) is 1. The van der Waals surface area contributed by atoms with Crippen molar-refractivity contribution in [3.05, 3.63) is 88.9 Å². The summed E-state index contributed by atoms with van der Waals surface area (Å²) in [5.74, 6) is -1.49. The van der Waals surface area contributed by atoms with Crippen LogP contribution >= 0.6 is 11.3 Å². The number of hydrogen-bond donors (Lipinski definition) is 2. The van der Waals surface area contributed by atoms with Gasteiger partial charge in [-0.05, 0) is 16.7 Å². The Balaban J connectivity index is 1.89. The van der Waals surface area contributed by atoms with E-state index in [-0.39, 0.29) is 16.7 Å². The summed E-state index contributed by atoms with van der Waals surface area (Å²) in [7, 11) is 0. The molecular weight excluding hydrogens is 336 g/mol. The number of amides is 1. The van der Waals surface area contributed by atoms with Crippen molar-refractivity contribution in [2.45, 2.75) is 0 Å². The number of anilines is 1. The first-order valence-electron chi connectivity index (χ1n) is 7.46. The minimum absolute atomic E-state index is 0.0874. The van der Waals surface area contributed by atoms with E-state index < -0.39 is 5.97 Å². The number of carbonyl (C=O) groups is 2. The third-order valence-electron chi connectivity index (χ3n) is 3.40. The second kappa shape index (κ2) is 7.55. The number of aromatic nitrogens is 1. The third kappa shape index (κ3) is 4.19. The second-order valence-corrected chi connectivity index (χ2v) is 5.98. The lowest BCUT2D eigenvalue weighted by atomic mass is 9.97. The second-order valence-electron chi connectivity index (χ2n) is 5.12. The molecule has 0 aliphatic rings. The lowest BCUT2D eigenvalue weighted by Crippen LogP contribution is -2.09. The molecule has 124 valence electrons. The normalized spacial score (nSPS) is 10.1. The van der Waals surface area contributed by atoms with Crippen LogP contribution in [0.5, 0.6) is 0 Å². The molecule has 0 aliphatic heterocycles. The molecule has 1 heterocycles. The molecule has 0 fully saturated rings. The number of carboxylic acid groups (broad SMARTS) is 1. The summed E-state index contributed by atoms with van der Waals surface area (Å²) in [4.78, 5) is 27.1. The molecule has 0 bridgehead atoms. The highest BCUT2D eigenvalue weighted by atomic mass is 32.1. The van der Waals surface area contributed by atoms with Gasteiger partial charge in [0.15, 0.2) is 10.8 Å². The number of rotatable bonds is 5. The average molecular weight is 350 g/mol. The van der Waals surface area contributed by atoms with E-state index in [0.717, 1.165) is 28.0 Å². The van der Waals surface area contributed by atoms with Gasteiger partial charge in [0.2, 0.25) is 0 Å². The summed E-state index contributed by atoms with van der Waals surface area (Å²) < 4.78 is 0. The molecule has 1 aromatic heterocycles. The topological polar surface area (TPSA) is 79.3 Å². The van der Waals surface area contributed by atoms with Gasteiger partial charge in [0.05, 0.1) is 0 Å². The Morgan fingerprint density at radius 3 is 2.00 bits per heavy atom. The fraction of sp³-hybridized carbons (Fsp3) is 0. The maximum absolute atomic E-state index is 12.4. The predicted molar refractivity (Wildman–Crippen MR) is 97.7 cm³/mol. The standard InChI is InChI=1S/C19H14N2O3S/c22-17(21-19-20-16(12-25-19)18(23)24)11-15(13-7-3-1-4-8-13)14-9-5-2-6-10-14/h1-12H,(H,23,24)(H,20,21,22). The summed E-state index contributed by atoms with van der Waals surface area (Å²) in [6, 6.07) is 19.2. The van der Waals surface area contributed by atoms with Crippen LogP contribution < -0.4 is 5.32 Å². The summed E-state index contributed by atoms with van der Waals surface area (Å²) in [5, 5.41) is 13.1. The van der Waals surface area contributed by atoms with Gasteiger partial charge in [0.1, 0.15) is 0 Å². The Hall–Kier alpha value is -3.25. The highest BCUT2D eigenvalue weighted by Crippen LogP contribution is 2.23. The summed E-state index contributed by atoms with van der Waals surface area (Å²) in [6.07, 6.45) is 1.49. The molecule has 0 radical (unpaired) electrons. The van der Waals surface area contributed by atoms with Crippen LogP contribution in [0.3, 0.4) is 0 Å². The van der Waals surface area contributed by atoms with Gasteiger partial charge in [-0.15, -0.1) is 11.3 Å². The number of nitrogens with zero attached hydrogens (tertiary/aromatic N) is 1. The van der Waals surface area contributed by atoms with Gasteiger partial charge >= 0.3 is 5.97 Å².